The zero-order chi connectivity index (χ0) is 16.0. The number of hydrogen-bond donors (Lipinski definition) is 1. The predicted molar refractivity (Wildman–Crippen MR) is 98.6 cm³/mol. The van der Waals surface area contributed by atoms with Crippen molar-refractivity contribution in [2.45, 2.75) is 77.7 Å². The zero-order valence-corrected chi connectivity index (χ0v) is 14.9. The summed E-state index contributed by atoms with van der Waals surface area (Å²) in [6.07, 6.45) is 12.3. The van der Waals surface area contributed by atoms with Gasteiger partial charge in [0.05, 0.1) is 0 Å². The molecule has 2 atom stereocenters. The highest BCUT2D eigenvalue weighted by atomic mass is 14.9. The fraction of sp³-hybridized carbons (Fsp3) is 0.619. The van der Waals surface area contributed by atoms with Crippen molar-refractivity contribution in [3.05, 3.63) is 42.0 Å². The summed E-state index contributed by atoms with van der Waals surface area (Å²) in [4.78, 5) is 0. The molecule has 0 fully saturated rings. The van der Waals surface area contributed by atoms with E-state index in [4.69, 9.17) is 0 Å². The summed E-state index contributed by atoms with van der Waals surface area (Å²) in [5, 5.41) is 3.63. The Balaban J connectivity index is 1.97. The Kier molecular flexibility index (Phi) is 6.11. The molecule has 0 spiro atoms. The van der Waals surface area contributed by atoms with Crippen molar-refractivity contribution >= 4 is 5.69 Å². The molecule has 0 amide bonds. The maximum absolute atomic E-state index is 3.63. The molecule has 22 heavy (non-hydrogen) atoms. The minimum atomic E-state index is 0.262. The number of benzene rings is 1. The van der Waals surface area contributed by atoms with Gasteiger partial charge in [0.15, 0.2) is 0 Å². The van der Waals surface area contributed by atoms with Crippen LogP contribution in [0.25, 0.3) is 0 Å². The third kappa shape index (κ3) is 4.90. The van der Waals surface area contributed by atoms with Crippen molar-refractivity contribution < 1.29 is 0 Å². The van der Waals surface area contributed by atoms with Gasteiger partial charge in [-0.15, -0.1) is 0 Å². The van der Waals surface area contributed by atoms with Crippen LogP contribution in [0.4, 0.5) is 5.69 Å². The van der Waals surface area contributed by atoms with Crippen molar-refractivity contribution in [1.29, 1.82) is 0 Å². The van der Waals surface area contributed by atoms with E-state index in [0.717, 1.165) is 5.92 Å². The molecule has 0 saturated heterocycles. The molecule has 1 aromatic carbocycles. The normalized spacial score (nSPS) is 19.9. The molecule has 2 rings (SSSR count). The summed E-state index contributed by atoms with van der Waals surface area (Å²) < 4.78 is 0. The highest BCUT2D eigenvalue weighted by Crippen LogP contribution is 2.32. The maximum atomic E-state index is 3.63. The first-order valence-electron chi connectivity index (χ1n) is 9.05. The topological polar surface area (TPSA) is 12.0 Å². The van der Waals surface area contributed by atoms with Gasteiger partial charge in [-0.05, 0) is 54.7 Å². The molecule has 122 valence electrons. The summed E-state index contributed by atoms with van der Waals surface area (Å²) in [5.41, 5.74) is 2.97. The van der Waals surface area contributed by atoms with Crippen molar-refractivity contribution in [1.82, 2.24) is 0 Å². The Bertz CT molecular complexity index is 469. The van der Waals surface area contributed by atoms with Crippen LogP contribution >= 0.6 is 0 Å². The standard InChI is InChI=1S/C21H33N/c1-5-9-17(2)16-21(3,4)18-12-14-20(15-13-18)22-19-10-7-6-8-11-19/h7,10,12-15,17,19,22H,5-6,8-9,11,16H2,1-4H3/t17?,19-/m0/s1. The number of allylic oxidation sites excluding steroid dienone is 1. The average Bonchev–Trinajstić information content (AvgIpc) is 2.48. The van der Waals surface area contributed by atoms with Crippen LogP contribution in [0.3, 0.4) is 0 Å². The number of rotatable bonds is 7. The molecule has 0 bridgehead atoms. The highest BCUT2D eigenvalue weighted by Gasteiger charge is 2.23. The lowest BCUT2D eigenvalue weighted by Crippen LogP contribution is -2.21. The first kappa shape index (κ1) is 17.1. The number of anilines is 1. The molecule has 1 aliphatic rings. The Labute approximate surface area is 137 Å². The summed E-state index contributed by atoms with van der Waals surface area (Å²) >= 11 is 0. The van der Waals surface area contributed by atoms with Gasteiger partial charge in [-0.3, -0.25) is 0 Å². The van der Waals surface area contributed by atoms with Crippen LogP contribution in [0, 0.1) is 5.92 Å². The quantitative estimate of drug-likeness (QED) is 0.582. The van der Waals surface area contributed by atoms with Crippen molar-refractivity contribution in [3.63, 3.8) is 0 Å². The van der Waals surface area contributed by atoms with E-state index in [-0.39, 0.29) is 5.41 Å². The Hall–Kier alpha value is -1.24. The van der Waals surface area contributed by atoms with Crippen LogP contribution < -0.4 is 5.32 Å². The molecular weight excluding hydrogens is 266 g/mol. The minimum Gasteiger partial charge on any atom is -0.379 e. The van der Waals surface area contributed by atoms with E-state index in [0.29, 0.717) is 6.04 Å². The highest BCUT2D eigenvalue weighted by molar-refractivity contribution is 5.47. The molecule has 1 nitrogen and oxygen atoms in total. The van der Waals surface area contributed by atoms with E-state index in [1.807, 2.05) is 0 Å². The largest absolute Gasteiger partial charge is 0.379 e. The molecule has 1 aromatic rings. The average molecular weight is 300 g/mol. The third-order valence-corrected chi connectivity index (χ3v) is 4.91. The summed E-state index contributed by atoms with van der Waals surface area (Å²) in [6.45, 7) is 9.43. The number of nitrogens with one attached hydrogen (secondary N) is 1. The van der Waals surface area contributed by atoms with E-state index in [1.54, 1.807) is 0 Å². The fourth-order valence-corrected chi connectivity index (χ4v) is 3.75. The molecule has 0 saturated carbocycles. The van der Waals surface area contributed by atoms with E-state index >= 15 is 0 Å². The molecule has 1 N–H and O–H groups in total. The number of hydrogen-bond acceptors (Lipinski definition) is 1. The monoisotopic (exact) mass is 299 g/mol. The van der Waals surface area contributed by atoms with Gasteiger partial charge in [0.25, 0.3) is 0 Å². The molecule has 1 heteroatoms. The summed E-state index contributed by atoms with van der Waals surface area (Å²) in [5.74, 6) is 0.796. The van der Waals surface area contributed by atoms with Crippen LogP contribution in [-0.2, 0) is 5.41 Å². The van der Waals surface area contributed by atoms with Gasteiger partial charge in [-0.1, -0.05) is 64.8 Å². The van der Waals surface area contributed by atoms with E-state index in [1.165, 1.54) is 49.8 Å². The van der Waals surface area contributed by atoms with Crippen molar-refractivity contribution in [2.75, 3.05) is 5.32 Å². The van der Waals surface area contributed by atoms with Crippen LogP contribution in [0.2, 0.25) is 0 Å². The van der Waals surface area contributed by atoms with Gasteiger partial charge in [-0.2, -0.15) is 0 Å². The molecule has 0 aliphatic heterocycles. The lowest BCUT2D eigenvalue weighted by Gasteiger charge is -2.29. The second-order valence-corrected chi connectivity index (χ2v) is 7.67. The molecular formula is C21H33N. The Morgan fingerprint density at radius 2 is 1.95 bits per heavy atom. The third-order valence-electron chi connectivity index (χ3n) is 4.91. The van der Waals surface area contributed by atoms with E-state index < -0.39 is 0 Å². The van der Waals surface area contributed by atoms with E-state index in [2.05, 4.69) is 69.4 Å². The summed E-state index contributed by atoms with van der Waals surface area (Å²) in [7, 11) is 0. The van der Waals surface area contributed by atoms with Crippen LogP contribution in [0.1, 0.15) is 71.8 Å². The molecule has 0 aromatic heterocycles. The predicted octanol–water partition coefficient (Wildman–Crippen LogP) is 6.31. The van der Waals surface area contributed by atoms with Gasteiger partial charge in [-0.25, -0.2) is 0 Å². The first-order chi connectivity index (χ1) is 10.5. The van der Waals surface area contributed by atoms with Gasteiger partial charge >= 0.3 is 0 Å². The second kappa shape index (κ2) is 7.85. The SMILES string of the molecule is CCCC(C)CC(C)(C)c1ccc(N[C@H]2C=CCCC2)cc1. The van der Waals surface area contributed by atoms with Gasteiger partial charge < -0.3 is 5.32 Å². The Morgan fingerprint density at radius 1 is 1.23 bits per heavy atom. The van der Waals surface area contributed by atoms with Crippen LogP contribution in [-0.4, -0.2) is 6.04 Å². The minimum absolute atomic E-state index is 0.262. The second-order valence-electron chi connectivity index (χ2n) is 7.67. The van der Waals surface area contributed by atoms with Gasteiger partial charge in [0.2, 0.25) is 0 Å². The van der Waals surface area contributed by atoms with Crippen LogP contribution in [0.15, 0.2) is 36.4 Å². The van der Waals surface area contributed by atoms with Crippen molar-refractivity contribution in [2.24, 2.45) is 5.92 Å². The molecule has 1 unspecified atom stereocenters. The fourth-order valence-electron chi connectivity index (χ4n) is 3.75. The molecule has 1 aliphatic carbocycles. The lowest BCUT2D eigenvalue weighted by molar-refractivity contribution is 0.361. The smallest absolute Gasteiger partial charge is 0.0444 e. The zero-order valence-electron chi connectivity index (χ0n) is 14.9. The van der Waals surface area contributed by atoms with Crippen LogP contribution in [0.5, 0.6) is 0 Å². The maximum Gasteiger partial charge on any atom is 0.0444 e. The molecule has 0 radical (unpaired) electrons. The lowest BCUT2D eigenvalue weighted by atomic mass is 9.76. The summed E-state index contributed by atoms with van der Waals surface area (Å²) in [6, 6.07) is 9.65. The van der Waals surface area contributed by atoms with Gasteiger partial charge in [0, 0.05) is 11.7 Å². The van der Waals surface area contributed by atoms with Gasteiger partial charge in [0.1, 0.15) is 0 Å². The van der Waals surface area contributed by atoms with Crippen molar-refractivity contribution in [3.8, 4) is 0 Å². The Morgan fingerprint density at radius 3 is 2.55 bits per heavy atom. The van der Waals surface area contributed by atoms with E-state index in [9.17, 15) is 0 Å². The molecule has 0 heterocycles. The first-order valence-corrected chi connectivity index (χ1v) is 9.05.